The summed E-state index contributed by atoms with van der Waals surface area (Å²) in [5.74, 6) is -0.0166. The van der Waals surface area contributed by atoms with Crippen LogP contribution in [0.25, 0.3) is 0 Å². The highest BCUT2D eigenvalue weighted by molar-refractivity contribution is 7.86. The van der Waals surface area contributed by atoms with E-state index in [0.29, 0.717) is 32.7 Å². The van der Waals surface area contributed by atoms with Crippen LogP contribution in [-0.2, 0) is 15.0 Å². The molecule has 0 aromatic heterocycles. The second-order valence-electron chi connectivity index (χ2n) is 6.11. The number of rotatable bonds is 3. The molecule has 1 atom stereocenters. The average molecular weight is 337 g/mol. The monoisotopic (exact) mass is 337 g/mol. The molecule has 1 aromatic carbocycles. The van der Waals surface area contributed by atoms with Crippen molar-refractivity contribution in [3.8, 4) is 0 Å². The number of hydrogen-bond donors (Lipinski definition) is 0. The summed E-state index contributed by atoms with van der Waals surface area (Å²) in [6, 6.07) is 9.44. The number of piperazine rings is 1. The van der Waals surface area contributed by atoms with Crippen molar-refractivity contribution in [3.63, 3.8) is 0 Å². The first-order valence-electron chi connectivity index (χ1n) is 8.07. The van der Waals surface area contributed by atoms with E-state index in [1.165, 1.54) is 4.31 Å². The van der Waals surface area contributed by atoms with Gasteiger partial charge in [-0.05, 0) is 18.4 Å². The quantitative estimate of drug-likeness (QED) is 0.833. The van der Waals surface area contributed by atoms with E-state index < -0.39 is 10.2 Å². The lowest BCUT2D eigenvalue weighted by molar-refractivity contribution is -0.133. The van der Waals surface area contributed by atoms with Crippen LogP contribution in [0.5, 0.6) is 0 Å². The lowest BCUT2D eigenvalue weighted by Gasteiger charge is -2.41. The van der Waals surface area contributed by atoms with Gasteiger partial charge in [0, 0.05) is 39.6 Å². The minimum absolute atomic E-state index is 0.0166. The van der Waals surface area contributed by atoms with Crippen molar-refractivity contribution in [3.05, 3.63) is 35.9 Å². The zero-order chi connectivity index (χ0) is 16.4. The van der Waals surface area contributed by atoms with E-state index in [1.54, 1.807) is 16.1 Å². The van der Waals surface area contributed by atoms with Crippen LogP contribution in [0, 0.1) is 0 Å². The van der Waals surface area contributed by atoms with Gasteiger partial charge in [-0.2, -0.15) is 17.0 Å². The maximum Gasteiger partial charge on any atom is 0.282 e. The number of carbonyl (C=O) groups is 1. The molecular formula is C16H23N3O3S. The van der Waals surface area contributed by atoms with Gasteiger partial charge in [0.1, 0.15) is 0 Å². The minimum atomic E-state index is -3.42. The summed E-state index contributed by atoms with van der Waals surface area (Å²) in [5, 5.41) is 0. The molecule has 2 saturated heterocycles. The Balaban J connectivity index is 1.85. The van der Waals surface area contributed by atoms with Crippen LogP contribution in [-0.4, -0.2) is 60.6 Å². The second kappa shape index (κ2) is 6.59. The third-order valence-electron chi connectivity index (χ3n) is 4.65. The van der Waals surface area contributed by atoms with Crippen molar-refractivity contribution in [2.75, 3.05) is 32.7 Å². The molecule has 2 aliphatic heterocycles. The maximum atomic E-state index is 12.8. The molecule has 2 fully saturated rings. The summed E-state index contributed by atoms with van der Waals surface area (Å²) in [5.41, 5.74) is 0.976. The summed E-state index contributed by atoms with van der Waals surface area (Å²) < 4.78 is 28.7. The number of hydrogen-bond acceptors (Lipinski definition) is 3. The molecule has 2 aliphatic rings. The van der Waals surface area contributed by atoms with Crippen LogP contribution in [0.4, 0.5) is 0 Å². The minimum Gasteiger partial charge on any atom is -0.333 e. The predicted octanol–water partition coefficient (Wildman–Crippen LogP) is 1.23. The van der Waals surface area contributed by atoms with Crippen molar-refractivity contribution >= 4 is 16.1 Å². The molecule has 0 radical (unpaired) electrons. The molecule has 1 amide bonds. The van der Waals surface area contributed by atoms with Gasteiger partial charge in [-0.15, -0.1) is 0 Å². The van der Waals surface area contributed by atoms with Gasteiger partial charge >= 0.3 is 0 Å². The van der Waals surface area contributed by atoms with E-state index in [-0.39, 0.29) is 11.9 Å². The van der Waals surface area contributed by atoms with Gasteiger partial charge in [0.2, 0.25) is 5.91 Å². The van der Waals surface area contributed by atoms with E-state index in [1.807, 2.05) is 30.3 Å². The number of nitrogens with zero attached hydrogens (tertiary/aromatic N) is 3. The van der Waals surface area contributed by atoms with E-state index in [2.05, 4.69) is 0 Å². The molecule has 2 heterocycles. The first kappa shape index (κ1) is 16.4. The Morgan fingerprint density at radius 1 is 1.00 bits per heavy atom. The van der Waals surface area contributed by atoms with E-state index >= 15 is 0 Å². The van der Waals surface area contributed by atoms with Gasteiger partial charge in [-0.25, -0.2) is 0 Å². The summed E-state index contributed by atoms with van der Waals surface area (Å²) in [6.07, 6.45) is 1.85. The molecule has 7 heteroatoms. The van der Waals surface area contributed by atoms with Crippen molar-refractivity contribution < 1.29 is 13.2 Å². The standard InChI is InChI=1S/C16H23N3O3S/c1-14(20)19-12-11-18(23(21,22)17-9-5-6-10-17)13-16(19)15-7-3-2-4-8-15/h2-4,7-8,16H,5-6,9-13H2,1H3/t16-/m0/s1. The summed E-state index contributed by atoms with van der Waals surface area (Å²) >= 11 is 0. The van der Waals surface area contributed by atoms with Gasteiger partial charge in [-0.1, -0.05) is 30.3 Å². The molecule has 0 N–H and O–H groups in total. The topological polar surface area (TPSA) is 60.9 Å². The molecule has 0 unspecified atom stereocenters. The van der Waals surface area contributed by atoms with Crippen LogP contribution < -0.4 is 0 Å². The summed E-state index contributed by atoms with van der Waals surface area (Å²) in [4.78, 5) is 13.7. The van der Waals surface area contributed by atoms with Crippen LogP contribution in [0.2, 0.25) is 0 Å². The van der Waals surface area contributed by atoms with Crippen LogP contribution >= 0.6 is 0 Å². The normalized spacial score (nSPS) is 24.0. The Kier molecular flexibility index (Phi) is 4.70. The summed E-state index contributed by atoms with van der Waals surface area (Å²) in [7, 11) is -3.42. The van der Waals surface area contributed by atoms with E-state index in [0.717, 1.165) is 18.4 Å². The van der Waals surface area contributed by atoms with Gasteiger partial charge in [0.15, 0.2) is 0 Å². The Morgan fingerprint density at radius 3 is 2.26 bits per heavy atom. The molecule has 126 valence electrons. The molecule has 3 rings (SSSR count). The lowest BCUT2D eigenvalue weighted by Crippen LogP contribution is -2.54. The SMILES string of the molecule is CC(=O)N1CCN(S(=O)(=O)N2CCCC2)C[C@H]1c1ccccc1. The highest BCUT2D eigenvalue weighted by Crippen LogP contribution is 2.28. The number of amides is 1. The molecule has 0 spiro atoms. The molecule has 0 bridgehead atoms. The smallest absolute Gasteiger partial charge is 0.282 e. The Labute approximate surface area is 137 Å². The number of carbonyl (C=O) groups excluding carboxylic acids is 1. The fourth-order valence-corrected chi connectivity index (χ4v) is 5.08. The van der Waals surface area contributed by atoms with Gasteiger partial charge in [0.25, 0.3) is 10.2 Å². The van der Waals surface area contributed by atoms with Crippen molar-refractivity contribution in [1.29, 1.82) is 0 Å². The van der Waals surface area contributed by atoms with Crippen molar-refractivity contribution in [2.24, 2.45) is 0 Å². The van der Waals surface area contributed by atoms with Crippen LogP contribution in [0.3, 0.4) is 0 Å². The molecule has 23 heavy (non-hydrogen) atoms. The van der Waals surface area contributed by atoms with Crippen molar-refractivity contribution in [2.45, 2.75) is 25.8 Å². The van der Waals surface area contributed by atoms with E-state index in [4.69, 9.17) is 0 Å². The predicted molar refractivity (Wildman–Crippen MR) is 87.9 cm³/mol. The van der Waals surface area contributed by atoms with E-state index in [9.17, 15) is 13.2 Å². The zero-order valence-corrected chi connectivity index (χ0v) is 14.2. The average Bonchev–Trinajstić information content (AvgIpc) is 3.10. The Morgan fingerprint density at radius 2 is 1.65 bits per heavy atom. The molecule has 6 nitrogen and oxygen atoms in total. The Hall–Kier alpha value is -1.44. The second-order valence-corrected chi connectivity index (χ2v) is 8.04. The molecule has 0 saturated carbocycles. The third-order valence-corrected chi connectivity index (χ3v) is 6.65. The van der Waals surface area contributed by atoms with Crippen LogP contribution in [0.1, 0.15) is 31.4 Å². The van der Waals surface area contributed by atoms with Gasteiger partial charge in [0.05, 0.1) is 6.04 Å². The highest BCUT2D eigenvalue weighted by Gasteiger charge is 2.38. The third kappa shape index (κ3) is 3.27. The van der Waals surface area contributed by atoms with Crippen LogP contribution in [0.15, 0.2) is 30.3 Å². The Bertz CT molecular complexity index is 656. The summed E-state index contributed by atoms with van der Waals surface area (Å²) in [6.45, 7) is 3.86. The molecular weight excluding hydrogens is 314 g/mol. The molecule has 0 aliphatic carbocycles. The first-order chi connectivity index (χ1) is 11.0. The lowest BCUT2D eigenvalue weighted by atomic mass is 10.0. The maximum absolute atomic E-state index is 12.8. The van der Waals surface area contributed by atoms with Crippen molar-refractivity contribution in [1.82, 2.24) is 13.5 Å². The fourth-order valence-electron chi connectivity index (χ4n) is 3.39. The number of benzene rings is 1. The zero-order valence-electron chi connectivity index (χ0n) is 13.4. The highest BCUT2D eigenvalue weighted by atomic mass is 32.2. The molecule has 1 aromatic rings. The first-order valence-corrected chi connectivity index (χ1v) is 9.47. The van der Waals surface area contributed by atoms with Gasteiger partial charge in [-0.3, -0.25) is 4.79 Å². The van der Waals surface area contributed by atoms with Gasteiger partial charge < -0.3 is 4.90 Å². The fraction of sp³-hybridized carbons (Fsp3) is 0.562. The largest absolute Gasteiger partial charge is 0.333 e.